The zero-order chi connectivity index (χ0) is 11.6. The Kier molecular flexibility index (Phi) is 3.01. The van der Waals surface area contributed by atoms with Crippen LogP contribution in [0.2, 0.25) is 0 Å². The van der Waals surface area contributed by atoms with Crippen LogP contribution in [0, 0.1) is 0 Å². The van der Waals surface area contributed by atoms with E-state index in [-0.39, 0.29) is 12.1 Å². The standard InChI is InChI=1S/C8H8F3NO3/c1-2-4-6(7(13)14)15-5(12-4)3-8(9,10)11/h2-3H2,1H3,(H,13,14). The number of hydrogen-bond acceptors (Lipinski definition) is 3. The number of hydrogen-bond donors (Lipinski definition) is 1. The molecule has 0 aromatic carbocycles. The van der Waals surface area contributed by atoms with Gasteiger partial charge in [-0.3, -0.25) is 0 Å². The van der Waals surface area contributed by atoms with E-state index in [0.717, 1.165) is 0 Å². The number of alkyl halides is 3. The zero-order valence-corrected chi connectivity index (χ0v) is 7.76. The highest BCUT2D eigenvalue weighted by atomic mass is 19.4. The van der Waals surface area contributed by atoms with Crippen LogP contribution in [0.4, 0.5) is 13.2 Å². The summed E-state index contributed by atoms with van der Waals surface area (Å²) < 4.78 is 40.3. The molecule has 15 heavy (non-hydrogen) atoms. The van der Waals surface area contributed by atoms with Crippen LogP contribution < -0.4 is 0 Å². The average Bonchev–Trinajstić information content (AvgIpc) is 2.44. The molecule has 7 heteroatoms. The summed E-state index contributed by atoms with van der Waals surface area (Å²) >= 11 is 0. The van der Waals surface area contributed by atoms with Gasteiger partial charge in [0.05, 0.1) is 5.69 Å². The third kappa shape index (κ3) is 2.97. The smallest absolute Gasteiger partial charge is 0.397 e. The Morgan fingerprint density at radius 2 is 2.13 bits per heavy atom. The summed E-state index contributed by atoms with van der Waals surface area (Å²) in [7, 11) is 0. The van der Waals surface area contributed by atoms with Crippen LogP contribution in [0.3, 0.4) is 0 Å². The molecule has 0 aliphatic rings. The highest BCUT2D eigenvalue weighted by Gasteiger charge is 2.32. The topological polar surface area (TPSA) is 63.3 Å². The molecule has 84 valence electrons. The second-order valence-corrected chi connectivity index (χ2v) is 2.83. The second-order valence-electron chi connectivity index (χ2n) is 2.83. The fourth-order valence-corrected chi connectivity index (χ4v) is 1.05. The van der Waals surface area contributed by atoms with E-state index < -0.39 is 30.2 Å². The van der Waals surface area contributed by atoms with Crippen molar-refractivity contribution in [2.45, 2.75) is 25.9 Å². The summed E-state index contributed by atoms with van der Waals surface area (Å²) in [5.41, 5.74) is 0.0294. The summed E-state index contributed by atoms with van der Waals surface area (Å²) in [5.74, 6) is -2.54. The van der Waals surface area contributed by atoms with Gasteiger partial charge in [-0.25, -0.2) is 9.78 Å². The maximum absolute atomic E-state index is 11.9. The van der Waals surface area contributed by atoms with Crippen LogP contribution in [0.25, 0.3) is 0 Å². The summed E-state index contributed by atoms with van der Waals surface area (Å²) in [5, 5.41) is 8.59. The molecule has 1 aromatic rings. The summed E-state index contributed by atoms with van der Waals surface area (Å²) in [6.45, 7) is 1.58. The summed E-state index contributed by atoms with van der Waals surface area (Å²) in [6, 6.07) is 0. The fraction of sp³-hybridized carbons (Fsp3) is 0.500. The van der Waals surface area contributed by atoms with Gasteiger partial charge < -0.3 is 9.52 Å². The summed E-state index contributed by atoms with van der Waals surface area (Å²) in [6.07, 6.45) is -5.60. The first kappa shape index (κ1) is 11.5. The number of aromatic nitrogens is 1. The van der Waals surface area contributed by atoms with Crippen LogP contribution in [-0.4, -0.2) is 22.2 Å². The molecule has 1 heterocycles. The van der Waals surface area contributed by atoms with Crippen molar-refractivity contribution < 1.29 is 27.5 Å². The van der Waals surface area contributed by atoms with Crippen molar-refractivity contribution in [3.05, 3.63) is 17.3 Å². The SMILES string of the molecule is CCc1nc(CC(F)(F)F)oc1C(=O)O. The molecule has 0 spiro atoms. The van der Waals surface area contributed by atoms with Crippen molar-refractivity contribution in [2.24, 2.45) is 0 Å². The number of aromatic carboxylic acids is 1. The summed E-state index contributed by atoms with van der Waals surface area (Å²) in [4.78, 5) is 14.0. The lowest BCUT2D eigenvalue weighted by Gasteiger charge is -2.00. The maximum Gasteiger partial charge on any atom is 0.397 e. The Hall–Kier alpha value is -1.53. The monoisotopic (exact) mass is 223 g/mol. The largest absolute Gasteiger partial charge is 0.475 e. The van der Waals surface area contributed by atoms with Gasteiger partial charge in [0.2, 0.25) is 11.7 Å². The molecule has 0 amide bonds. The second kappa shape index (κ2) is 3.92. The normalized spacial score (nSPS) is 11.7. The highest BCUT2D eigenvalue weighted by Crippen LogP contribution is 2.22. The van der Waals surface area contributed by atoms with Gasteiger partial charge in [-0.05, 0) is 6.42 Å². The first-order valence-electron chi connectivity index (χ1n) is 4.12. The van der Waals surface area contributed by atoms with E-state index in [2.05, 4.69) is 9.40 Å². The molecule has 1 N–H and O–H groups in total. The van der Waals surface area contributed by atoms with Gasteiger partial charge in [0.15, 0.2) is 0 Å². The molecule has 0 radical (unpaired) electrons. The van der Waals surface area contributed by atoms with Crippen molar-refractivity contribution in [1.29, 1.82) is 0 Å². The minimum atomic E-state index is -4.45. The Balaban J connectivity index is 2.98. The molecule has 0 unspecified atom stereocenters. The van der Waals surface area contributed by atoms with Gasteiger partial charge in [0.25, 0.3) is 0 Å². The van der Waals surface area contributed by atoms with Gasteiger partial charge in [-0.1, -0.05) is 6.92 Å². The van der Waals surface area contributed by atoms with Crippen molar-refractivity contribution in [3.8, 4) is 0 Å². The minimum Gasteiger partial charge on any atom is -0.475 e. The molecule has 0 aliphatic carbocycles. The average molecular weight is 223 g/mol. The predicted molar refractivity (Wildman–Crippen MR) is 42.6 cm³/mol. The molecule has 0 saturated heterocycles. The Morgan fingerprint density at radius 3 is 2.47 bits per heavy atom. The molecule has 0 atom stereocenters. The molecule has 0 bridgehead atoms. The van der Waals surface area contributed by atoms with Crippen LogP contribution in [0.1, 0.15) is 29.1 Å². The lowest BCUT2D eigenvalue weighted by atomic mass is 10.3. The third-order valence-electron chi connectivity index (χ3n) is 1.62. The molecule has 1 rings (SSSR count). The Bertz CT molecular complexity index is 370. The molecular formula is C8H8F3NO3. The van der Waals surface area contributed by atoms with E-state index in [1.807, 2.05) is 0 Å². The number of oxazole rings is 1. The number of carbonyl (C=O) groups is 1. The van der Waals surface area contributed by atoms with Crippen LogP contribution >= 0.6 is 0 Å². The van der Waals surface area contributed by atoms with E-state index in [9.17, 15) is 18.0 Å². The Labute approximate surface area is 82.7 Å². The van der Waals surface area contributed by atoms with Crippen molar-refractivity contribution in [3.63, 3.8) is 0 Å². The fourth-order valence-electron chi connectivity index (χ4n) is 1.05. The van der Waals surface area contributed by atoms with Crippen molar-refractivity contribution >= 4 is 5.97 Å². The molecular weight excluding hydrogens is 215 g/mol. The van der Waals surface area contributed by atoms with Gasteiger partial charge in [-0.15, -0.1) is 0 Å². The quantitative estimate of drug-likeness (QED) is 0.851. The minimum absolute atomic E-state index is 0.0294. The molecule has 4 nitrogen and oxygen atoms in total. The highest BCUT2D eigenvalue weighted by molar-refractivity contribution is 5.85. The third-order valence-corrected chi connectivity index (χ3v) is 1.62. The number of nitrogens with zero attached hydrogens (tertiary/aromatic N) is 1. The lowest BCUT2D eigenvalue weighted by molar-refractivity contribution is -0.130. The Morgan fingerprint density at radius 1 is 1.53 bits per heavy atom. The van der Waals surface area contributed by atoms with E-state index in [1.54, 1.807) is 6.92 Å². The van der Waals surface area contributed by atoms with Gasteiger partial charge in [0.1, 0.15) is 6.42 Å². The van der Waals surface area contributed by atoms with Crippen molar-refractivity contribution in [1.82, 2.24) is 4.98 Å². The van der Waals surface area contributed by atoms with Crippen LogP contribution in [0.15, 0.2) is 4.42 Å². The molecule has 0 aliphatic heterocycles. The zero-order valence-electron chi connectivity index (χ0n) is 7.76. The van der Waals surface area contributed by atoms with Gasteiger partial charge in [-0.2, -0.15) is 13.2 Å². The molecule has 1 aromatic heterocycles. The van der Waals surface area contributed by atoms with E-state index >= 15 is 0 Å². The lowest BCUT2D eigenvalue weighted by Crippen LogP contribution is -2.11. The van der Waals surface area contributed by atoms with Crippen molar-refractivity contribution in [2.75, 3.05) is 0 Å². The van der Waals surface area contributed by atoms with E-state index in [0.29, 0.717) is 0 Å². The van der Waals surface area contributed by atoms with Gasteiger partial charge >= 0.3 is 12.1 Å². The van der Waals surface area contributed by atoms with Gasteiger partial charge in [0, 0.05) is 0 Å². The first-order valence-corrected chi connectivity index (χ1v) is 4.12. The number of rotatable bonds is 3. The van der Waals surface area contributed by atoms with E-state index in [1.165, 1.54) is 0 Å². The number of carboxylic acid groups (broad SMARTS) is 1. The maximum atomic E-state index is 11.9. The molecule has 0 saturated carbocycles. The van der Waals surface area contributed by atoms with E-state index in [4.69, 9.17) is 5.11 Å². The number of carboxylic acids is 1. The number of aryl methyl sites for hydroxylation is 1. The van der Waals surface area contributed by atoms with Crippen LogP contribution in [0.5, 0.6) is 0 Å². The number of halogens is 3. The van der Waals surface area contributed by atoms with Crippen LogP contribution in [-0.2, 0) is 12.8 Å². The molecule has 0 fully saturated rings. The first-order chi connectivity index (χ1) is 6.83. The predicted octanol–water partition coefficient (Wildman–Crippen LogP) is 2.04.